The Balaban J connectivity index is 3.20. The van der Waals surface area contributed by atoms with Crippen molar-refractivity contribution in [3.63, 3.8) is 0 Å². The summed E-state index contributed by atoms with van der Waals surface area (Å²) in [5.41, 5.74) is 0. The molecule has 0 amide bonds. The summed E-state index contributed by atoms with van der Waals surface area (Å²) < 4.78 is 35.1. The summed E-state index contributed by atoms with van der Waals surface area (Å²) in [7, 11) is -4.24. The highest BCUT2D eigenvalue weighted by atomic mass is 35.5. The van der Waals surface area contributed by atoms with Crippen molar-refractivity contribution in [1.29, 1.82) is 0 Å². The number of rotatable bonds is 3. The van der Waals surface area contributed by atoms with E-state index in [0.29, 0.717) is 0 Å². The normalized spacial score (nSPS) is 11.2. The van der Waals surface area contributed by atoms with Crippen LogP contribution in [0, 0.1) is 0 Å². The van der Waals surface area contributed by atoms with E-state index in [2.05, 4.69) is 0 Å². The standard InChI is InChI=1S/C7H7ClO4S/c8-5-12-6-3-1-2-4-7(6)13(9,10)11/h1-4H,5H2,(H,9,10,11). The van der Waals surface area contributed by atoms with E-state index in [1.807, 2.05) is 0 Å². The molecule has 6 heteroatoms. The predicted octanol–water partition coefficient (Wildman–Crippen LogP) is 1.51. The average molecular weight is 223 g/mol. The summed E-state index contributed by atoms with van der Waals surface area (Å²) in [5, 5.41) is 0. The van der Waals surface area contributed by atoms with Crippen molar-refractivity contribution in [2.45, 2.75) is 4.90 Å². The molecule has 0 atom stereocenters. The third kappa shape index (κ3) is 2.58. The molecule has 1 rings (SSSR count). The second-order valence-corrected chi connectivity index (χ2v) is 3.78. The fourth-order valence-electron chi connectivity index (χ4n) is 0.841. The molecule has 0 aliphatic rings. The van der Waals surface area contributed by atoms with Crippen LogP contribution in [0.15, 0.2) is 29.2 Å². The topological polar surface area (TPSA) is 63.6 Å². The molecule has 0 aliphatic carbocycles. The Labute approximate surface area is 80.8 Å². The zero-order chi connectivity index (χ0) is 9.90. The highest BCUT2D eigenvalue weighted by Crippen LogP contribution is 2.22. The van der Waals surface area contributed by atoms with E-state index in [1.165, 1.54) is 18.2 Å². The maximum Gasteiger partial charge on any atom is 0.298 e. The van der Waals surface area contributed by atoms with Gasteiger partial charge in [-0.05, 0) is 12.1 Å². The van der Waals surface area contributed by atoms with Crippen LogP contribution >= 0.6 is 11.6 Å². The predicted molar refractivity (Wildman–Crippen MR) is 47.6 cm³/mol. The van der Waals surface area contributed by atoms with Gasteiger partial charge in [-0.25, -0.2) is 0 Å². The number of benzene rings is 1. The van der Waals surface area contributed by atoms with E-state index in [1.54, 1.807) is 6.07 Å². The van der Waals surface area contributed by atoms with Gasteiger partial charge in [-0.1, -0.05) is 23.7 Å². The number of alkyl halides is 1. The first kappa shape index (κ1) is 10.3. The minimum atomic E-state index is -4.24. The molecule has 1 aromatic rings. The molecule has 0 saturated carbocycles. The first-order chi connectivity index (χ1) is 6.05. The van der Waals surface area contributed by atoms with Gasteiger partial charge in [0, 0.05) is 0 Å². The van der Waals surface area contributed by atoms with Crippen molar-refractivity contribution >= 4 is 21.7 Å². The van der Waals surface area contributed by atoms with Crippen LogP contribution < -0.4 is 4.74 Å². The van der Waals surface area contributed by atoms with Crippen molar-refractivity contribution in [2.24, 2.45) is 0 Å². The first-order valence-corrected chi connectivity index (χ1v) is 5.28. The quantitative estimate of drug-likeness (QED) is 0.622. The van der Waals surface area contributed by atoms with Gasteiger partial charge < -0.3 is 4.74 Å². The maximum absolute atomic E-state index is 10.8. The summed E-state index contributed by atoms with van der Waals surface area (Å²) in [6, 6.07) is 5.52. The van der Waals surface area contributed by atoms with Crippen molar-refractivity contribution in [3.8, 4) is 5.75 Å². The molecule has 0 fully saturated rings. The van der Waals surface area contributed by atoms with Gasteiger partial charge >= 0.3 is 0 Å². The lowest BCUT2D eigenvalue weighted by Gasteiger charge is -2.05. The van der Waals surface area contributed by atoms with E-state index in [9.17, 15) is 8.42 Å². The molecule has 0 saturated heterocycles. The lowest BCUT2D eigenvalue weighted by Crippen LogP contribution is -2.02. The number of hydrogen-bond acceptors (Lipinski definition) is 3. The van der Waals surface area contributed by atoms with E-state index < -0.39 is 10.1 Å². The van der Waals surface area contributed by atoms with E-state index in [-0.39, 0.29) is 16.7 Å². The second-order valence-electron chi connectivity index (χ2n) is 2.18. The highest BCUT2D eigenvalue weighted by Gasteiger charge is 2.15. The van der Waals surface area contributed by atoms with Crippen LogP contribution in [0.4, 0.5) is 0 Å². The SMILES string of the molecule is O=S(=O)(O)c1ccccc1OCCl. The van der Waals surface area contributed by atoms with Crippen LogP contribution in [0.5, 0.6) is 5.75 Å². The molecule has 0 unspecified atom stereocenters. The molecule has 0 radical (unpaired) electrons. The van der Waals surface area contributed by atoms with Gasteiger partial charge in [0.2, 0.25) is 0 Å². The molecule has 0 heterocycles. The number of hydrogen-bond donors (Lipinski definition) is 1. The molecule has 0 spiro atoms. The van der Waals surface area contributed by atoms with Crippen LogP contribution in [0.25, 0.3) is 0 Å². The highest BCUT2D eigenvalue weighted by molar-refractivity contribution is 7.86. The van der Waals surface area contributed by atoms with Gasteiger partial charge in [-0.3, -0.25) is 4.55 Å². The second kappa shape index (κ2) is 3.95. The van der Waals surface area contributed by atoms with Crippen molar-refractivity contribution < 1.29 is 17.7 Å². The van der Waals surface area contributed by atoms with Crippen LogP contribution in [0.3, 0.4) is 0 Å². The average Bonchev–Trinajstić information content (AvgIpc) is 2.04. The lowest BCUT2D eigenvalue weighted by molar-refractivity contribution is 0.373. The van der Waals surface area contributed by atoms with Gasteiger partial charge in [0.25, 0.3) is 10.1 Å². The van der Waals surface area contributed by atoms with Gasteiger partial charge in [0.05, 0.1) is 0 Å². The Morgan fingerprint density at radius 1 is 1.38 bits per heavy atom. The molecule has 1 aromatic carbocycles. The van der Waals surface area contributed by atoms with Gasteiger partial charge in [0.15, 0.2) is 6.07 Å². The zero-order valence-corrected chi connectivity index (χ0v) is 8.05. The third-order valence-electron chi connectivity index (χ3n) is 1.34. The summed E-state index contributed by atoms with van der Waals surface area (Å²) in [4.78, 5) is -0.282. The number of halogens is 1. The summed E-state index contributed by atoms with van der Waals surface area (Å²) >= 11 is 5.26. The molecule has 0 aliphatic heterocycles. The molecule has 4 nitrogen and oxygen atoms in total. The Kier molecular flexibility index (Phi) is 3.13. The molecule has 1 N–H and O–H groups in total. The number of para-hydroxylation sites is 1. The van der Waals surface area contributed by atoms with Crippen molar-refractivity contribution in [2.75, 3.05) is 6.07 Å². The van der Waals surface area contributed by atoms with Gasteiger partial charge in [-0.2, -0.15) is 8.42 Å². The van der Waals surface area contributed by atoms with Crippen LogP contribution in [0.2, 0.25) is 0 Å². The Hall–Kier alpha value is -0.780. The van der Waals surface area contributed by atoms with Crippen molar-refractivity contribution in [3.05, 3.63) is 24.3 Å². The van der Waals surface area contributed by atoms with Crippen LogP contribution in [-0.2, 0) is 10.1 Å². The Bertz CT molecular complexity index is 387. The van der Waals surface area contributed by atoms with Crippen LogP contribution in [-0.4, -0.2) is 19.0 Å². The molecule has 0 aromatic heterocycles. The molecule has 13 heavy (non-hydrogen) atoms. The minimum Gasteiger partial charge on any atom is -0.476 e. The van der Waals surface area contributed by atoms with E-state index in [0.717, 1.165) is 0 Å². The molecular weight excluding hydrogens is 216 g/mol. The summed E-state index contributed by atoms with van der Waals surface area (Å²) in [5.74, 6) is 0.0417. The Morgan fingerprint density at radius 3 is 2.54 bits per heavy atom. The van der Waals surface area contributed by atoms with E-state index in [4.69, 9.17) is 20.9 Å². The fourth-order valence-corrected chi connectivity index (χ4v) is 1.59. The van der Waals surface area contributed by atoms with Gasteiger partial charge in [0.1, 0.15) is 10.6 Å². The third-order valence-corrected chi connectivity index (χ3v) is 2.34. The minimum absolute atomic E-state index is 0.0417. The first-order valence-electron chi connectivity index (χ1n) is 3.31. The van der Waals surface area contributed by atoms with E-state index >= 15 is 0 Å². The molecule has 0 bridgehead atoms. The Morgan fingerprint density at radius 2 is 2.00 bits per heavy atom. The lowest BCUT2D eigenvalue weighted by atomic mass is 10.3. The summed E-state index contributed by atoms with van der Waals surface area (Å²) in [6.45, 7) is 0. The smallest absolute Gasteiger partial charge is 0.298 e. The largest absolute Gasteiger partial charge is 0.476 e. The van der Waals surface area contributed by atoms with Crippen LogP contribution in [0.1, 0.15) is 0 Å². The van der Waals surface area contributed by atoms with Gasteiger partial charge in [-0.15, -0.1) is 0 Å². The molecule has 72 valence electrons. The fraction of sp³-hybridized carbons (Fsp3) is 0.143. The maximum atomic E-state index is 10.8. The molecular formula is C7H7ClO4S. The summed E-state index contributed by atoms with van der Waals surface area (Å²) in [6.07, 6.45) is 0. The monoisotopic (exact) mass is 222 g/mol. The number of ether oxygens (including phenoxy) is 1. The van der Waals surface area contributed by atoms with Crippen molar-refractivity contribution in [1.82, 2.24) is 0 Å². The zero-order valence-electron chi connectivity index (χ0n) is 6.47.